The molecule has 0 radical (unpaired) electrons. The van der Waals surface area contributed by atoms with Gasteiger partial charge in [0.05, 0.1) is 5.75 Å². The molecular weight excluding hydrogens is 124 g/mol. The zero-order chi connectivity index (χ0) is 6.41. The van der Waals surface area contributed by atoms with Gasteiger partial charge in [-0.15, -0.1) is 0 Å². The summed E-state index contributed by atoms with van der Waals surface area (Å²) in [5.41, 5.74) is 0. The average molecular weight is 134 g/mol. The summed E-state index contributed by atoms with van der Waals surface area (Å²) in [6.07, 6.45) is 1.90. The number of carbonyl (C=O) groups excluding carboxylic acids is 1. The molecule has 0 saturated heterocycles. The number of hydrogen-bond donors (Lipinski definition) is 0. The lowest BCUT2D eigenvalue weighted by Crippen LogP contribution is -2.08. The van der Waals surface area contributed by atoms with Gasteiger partial charge in [0.25, 0.3) is 0 Å². The summed E-state index contributed by atoms with van der Waals surface area (Å²) in [5.74, 6) is 0.716. The molecule has 0 aromatic rings. The summed E-state index contributed by atoms with van der Waals surface area (Å²) in [6, 6.07) is 0. The molecule has 0 fully saturated rings. The molecule has 0 N–H and O–H groups in total. The minimum absolute atomic E-state index is 0.153. The lowest BCUT2D eigenvalue weighted by atomic mass is 10.5. The molecule has 0 unspecified atom stereocenters. The van der Waals surface area contributed by atoms with E-state index in [9.17, 15) is 4.79 Å². The van der Waals surface area contributed by atoms with E-state index in [1.54, 1.807) is 0 Å². The Morgan fingerprint density at radius 3 is 2.75 bits per heavy atom. The first kappa shape index (κ1) is 7.98. The molecule has 0 heterocycles. The number of ketones is 1. The molecule has 0 aromatic heterocycles. The lowest BCUT2D eigenvalue weighted by molar-refractivity contribution is -0.120. The van der Waals surface area contributed by atoms with Crippen molar-refractivity contribution in [2.24, 2.45) is 0 Å². The maximum absolute atomic E-state index is 10.5. The number of hydrogen-bond acceptors (Lipinski definition) is 3. The van der Waals surface area contributed by atoms with Crippen LogP contribution < -0.4 is 0 Å². The summed E-state index contributed by atoms with van der Waals surface area (Å²) < 4.78 is 4.59. The number of carbonyl (C=O) groups is 1. The Bertz CT molecular complexity index is 64.8. The molecule has 0 aliphatic rings. The van der Waals surface area contributed by atoms with Crippen molar-refractivity contribution in [2.75, 3.05) is 25.7 Å². The van der Waals surface area contributed by atoms with Crippen LogP contribution in [0.3, 0.4) is 0 Å². The molecule has 0 atom stereocenters. The Hall–Kier alpha value is -0.0200. The SMILES string of the molecule is COCC(=O)CSC. The van der Waals surface area contributed by atoms with Crippen molar-refractivity contribution in [2.45, 2.75) is 0 Å². The Kier molecular flexibility index (Phi) is 5.11. The Labute approximate surface area is 53.6 Å². The first-order valence-corrected chi connectivity index (χ1v) is 3.70. The predicted octanol–water partition coefficient (Wildman–Crippen LogP) is 0.565. The second-order valence-corrected chi connectivity index (χ2v) is 2.27. The van der Waals surface area contributed by atoms with Crippen LogP contribution in [0.1, 0.15) is 0 Å². The van der Waals surface area contributed by atoms with Crippen LogP contribution in [0.15, 0.2) is 0 Å². The highest BCUT2D eigenvalue weighted by atomic mass is 32.2. The highest BCUT2D eigenvalue weighted by molar-refractivity contribution is 7.99. The van der Waals surface area contributed by atoms with Crippen molar-refractivity contribution in [3.8, 4) is 0 Å². The van der Waals surface area contributed by atoms with Crippen LogP contribution in [0.2, 0.25) is 0 Å². The third kappa shape index (κ3) is 4.15. The van der Waals surface area contributed by atoms with E-state index in [4.69, 9.17) is 0 Å². The zero-order valence-electron chi connectivity index (χ0n) is 5.14. The normalized spacial score (nSPS) is 9.25. The summed E-state index contributed by atoms with van der Waals surface area (Å²) in [5, 5.41) is 0. The molecule has 0 aromatic carbocycles. The van der Waals surface area contributed by atoms with Crippen molar-refractivity contribution >= 4 is 17.5 Å². The third-order valence-corrected chi connectivity index (χ3v) is 1.22. The van der Waals surface area contributed by atoms with Gasteiger partial charge in [0, 0.05) is 7.11 Å². The van der Waals surface area contributed by atoms with Crippen LogP contribution in [-0.2, 0) is 9.53 Å². The van der Waals surface area contributed by atoms with E-state index in [-0.39, 0.29) is 12.4 Å². The number of rotatable bonds is 4. The lowest BCUT2D eigenvalue weighted by Gasteiger charge is -1.92. The highest BCUT2D eigenvalue weighted by Gasteiger charge is 1.95. The fourth-order valence-corrected chi connectivity index (χ4v) is 0.769. The predicted molar refractivity (Wildman–Crippen MR) is 35.3 cm³/mol. The second-order valence-electron chi connectivity index (χ2n) is 1.40. The number of Topliss-reactive ketones (excluding diaryl/α,β-unsaturated/α-hetero) is 1. The number of thioether (sulfide) groups is 1. The van der Waals surface area contributed by atoms with E-state index in [1.807, 2.05) is 6.26 Å². The van der Waals surface area contributed by atoms with Crippen LogP contribution in [0.25, 0.3) is 0 Å². The van der Waals surface area contributed by atoms with Crippen molar-refractivity contribution in [1.82, 2.24) is 0 Å². The Morgan fingerprint density at radius 2 is 2.38 bits per heavy atom. The maximum atomic E-state index is 10.5. The summed E-state index contributed by atoms with van der Waals surface area (Å²) >= 11 is 1.52. The smallest absolute Gasteiger partial charge is 0.168 e. The van der Waals surface area contributed by atoms with Gasteiger partial charge in [-0.05, 0) is 6.26 Å². The minimum Gasteiger partial charge on any atom is -0.377 e. The first-order chi connectivity index (χ1) is 3.81. The topological polar surface area (TPSA) is 26.3 Å². The van der Waals surface area contributed by atoms with Gasteiger partial charge in [0.1, 0.15) is 6.61 Å². The average Bonchev–Trinajstić information content (AvgIpc) is 1.68. The van der Waals surface area contributed by atoms with Crippen LogP contribution in [0, 0.1) is 0 Å². The largest absolute Gasteiger partial charge is 0.377 e. The molecule has 0 rings (SSSR count). The van der Waals surface area contributed by atoms with Gasteiger partial charge in [-0.25, -0.2) is 0 Å². The summed E-state index contributed by atoms with van der Waals surface area (Å²) in [6.45, 7) is 0.251. The fourth-order valence-electron chi connectivity index (χ4n) is 0.364. The van der Waals surface area contributed by atoms with E-state index < -0.39 is 0 Å². The van der Waals surface area contributed by atoms with Crippen molar-refractivity contribution < 1.29 is 9.53 Å². The quantitative estimate of drug-likeness (QED) is 0.562. The molecule has 48 valence electrons. The standard InChI is InChI=1S/C5H10O2S/c1-7-3-5(6)4-8-2/h3-4H2,1-2H3. The van der Waals surface area contributed by atoms with Crippen molar-refractivity contribution in [1.29, 1.82) is 0 Å². The molecule has 3 heteroatoms. The van der Waals surface area contributed by atoms with Gasteiger partial charge >= 0.3 is 0 Å². The van der Waals surface area contributed by atoms with Gasteiger partial charge < -0.3 is 4.74 Å². The van der Waals surface area contributed by atoms with Crippen molar-refractivity contribution in [3.63, 3.8) is 0 Å². The van der Waals surface area contributed by atoms with Gasteiger partial charge in [0.15, 0.2) is 5.78 Å². The van der Waals surface area contributed by atoms with E-state index in [0.29, 0.717) is 5.75 Å². The highest BCUT2D eigenvalue weighted by Crippen LogP contribution is 1.90. The van der Waals surface area contributed by atoms with E-state index in [1.165, 1.54) is 18.9 Å². The molecule has 0 aliphatic carbocycles. The molecule has 0 saturated carbocycles. The molecule has 0 amide bonds. The van der Waals surface area contributed by atoms with Crippen LogP contribution in [0.5, 0.6) is 0 Å². The summed E-state index contributed by atoms with van der Waals surface area (Å²) in [4.78, 5) is 10.5. The zero-order valence-corrected chi connectivity index (χ0v) is 5.96. The molecular formula is C5H10O2S. The molecule has 0 aliphatic heterocycles. The van der Waals surface area contributed by atoms with Crippen LogP contribution in [0.4, 0.5) is 0 Å². The molecule has 2 nitrogen and oxygen atoms in total. The second kappa shape index (κ2) is 5.12. The molecule has 8 heavy (non-hydrogen) atoms. The minimum atomic E-state index is 0.153. The summed E-state index contributed by atoms with van der Waals surface area (Å²) in [7, 11) is 1.53. The van der Waals surface area contributed by atoms with Crippen molar-refractivity contribution in [3.05, 3.63) is 0 Å². The van der Waals surface area contributed by atoms with E-state index >= 15 is 0 Å². The van der Waals surface area contributed by atoms with E-state index in [0.717, 1.165) is 0 Å². The molecule has 0 spiro atoms. The van der Waals surface area contributed by atoms with E-state index in [2.05, 4.69) is 4.74 Å². The van der Waals surface area contributed by atoms with Gasteiger partial charge in [0.2, 0.25) is 0 Å². The number of ether oxygens (including phenoxy) is 1. The van der Waals surface area contributed by atoms with Crippen LogP contribution in [-0.4, -0.2) is 31.5 Å². The molecule has 0 bridgehead atoms. The Morgan fingerprint density at radius 1 is 1.75 bits per heavy atom. The monoisotopic (exact) mass is 134 g/mol. The Balaban J connectivity index is 3.06. The third-order valence-electron chi connectivity index (χ3n) is 0.611. The first-order valence-electron chi connectivity index (χ1n) is 2.31. The van der Waals surface area contributed by atoms with Crippen LogP contribution >= 0.6 is 11.8 Å². The van der Waals surface area contributed by atoms with Gasteiger partial charge in [-0.2, -0.15) is 11.8 Å². The number of methoxy groups -OCH3 is 1. The maximum Gasteiger partial charge on any atom is 0.168 e. The fraction of sp³-hybridized carbons (Fsp3) is 0.800. The van der Waals surface area contributed by atoms with Gasteiger partial charge in [-0.1, -0.05) is 0 Å². The van der Waals surface area contributed by atoms with Gasteiger partial charge in [-0.3, -0.25) is 4.79 Å².